The van der Waals surface area contributed by atoms with E-state index in [1.165, 1.54) is 7.05 Å². The first-order valence-corrected chi connectivity index (χ1v) is 5.17. The van der Waals surface area contributed by atoms with Crippen molar-refractivity contribution in [1.29, 1.82) is 0 Å². The molecular formula is C11H12F3N3. The largest absolute Gasteiger partial charge is 0.433 e. The summed E-state index contributed by atoms with van der Waals surface area (Å²) in [5.74, 6) is 0. The standard InChI is InChI=1S/C11H12F3N3/c1-17-10(11(12,13)14)9-7(5-6-15)3-2-4-8(9)16-17/h2-4H,5-6,15H2,1H3. The molecule has 0 unspecified atom stereocenters. The number of benzene rings is 1. The predicted octanol–water partition coefficient (Wildman–Crippen LogP) is 2.09. The highest BCUT2D eigenvalue weighted by atomic mass is 19.4. The molecule has 0 amide bonds. The van der Waals surface area contributed by atoms with Crippen LogP contribution in [0.4, 0.5) is 13.2 Å². The average Bonchev–Trinajstić information content (AvgIpc) is 2.54. The zero-order valence-corrected chi connectivity index (χ0v) is 9.25. The van der Waals surface area contributed by atoms with Gasteiger partial charge in [-0.15, -0.1) is 0 Å². The van der Waals surface area contributed by atoms with Crippen molar-refractivity contribution in [3.8, 4) is 0 Å². The van der Waals surface area contributed by atoms with E-state index < -0.39 is 11.9 Å². The summed E-state index contributed by atoms with van der Waals surface area (Å²) in [5.41, 5.74) is 5.64. The summed E-state index contributed by atoms with van der Waals surface area (Å²) in [4.78, 5) is 0. The van der Waals surface area contributed by atoms with Crippen LogP contribution < -0.4 is 5.73 Å². The molecule has 0 bridgehead atoms. The molecule has 0 spiro atoms. The molecular weight excluding hydrogens is 231 g/mol. The van der Waals surface area contributed by atoms with Crippen LogP contribution in [0.1, 0.15) is 11.3 Å². The number of fused-ring (bicyclic) bond motifs is 1. The number of aromatic nitrogens is 2. The molecule has 0 aliphatic carbocycles. The van der Waals surface area contributed by atoms with Crippen LogP contribution in [-0.4, -0.2) is 16.3 Å². The molecule has 0 fully saturated rings. The Hall–Kier alpha value is -1.56. The molecule has 92 valence electrons. The first-order valence-electron chi connectivity index (χ1n) is 5.17. The van der Waals surface area contributed by atoms with Gasteiger partial charge in [0, 0.05) is 12.4 Å². The average molecular weight is 243 g/mol. The van der Waals surface area contributed by atoms with E-state index in [0.717, 1.165) is 4.68 Å². The quantitative estimate of drug-likeness (QED) is 0.877. The van der Waals surface area contributed by atoms with Crippen molar-refractivity contribution >= 4 is 10.9 Å². The molecule has 2 rings (SSSR count). The van der Waals surface area contributed by atoms with Crippen molar-refractivity contribution in [2.75, 3.05) is 6.54 Å². The number of alkyl halides is 3. The van der Waals surface area contributed by atoms with E-state index in [1.807, 2.05) is 0 Å². The molecule has 1 aromatic heterocycles. The molecule has 2 aromatic rings. The Morgan fingerprint density at radius 1 is 1.35 bits per heavy atom. The number of halogens is 3. The second kappa shape index (κ2) is 4.03. The number of hydrogen-bond acceptors (Lipinski definition) is 2. The monoisotopic (exact) mass is 243 g/mol. The van der Waals surface area contributed by atoms with Crippen LogP contribution in [0.25, 0.3) is 10.9 Å². The van der Waals surface area contributed by atoms with Crippen LogP contribution in [0.5, 0.6) is 0 Å². The van der Waals surface area contributed by atoms with Crippen LogP contribution in [-0.2, 0) is 19.6 Å². The van der Waals surface area contributed by atoms with Crippen molar-refractivity contribution in [3.63, 3.8) is 0 Å². The maximum Gasteiger partial charge on any atom is 0.433 e. The molecule has 0 aliphatic rings. The molecule has 1 heterocycles. The third-order valence-corrected chi connectivity index (χ3v) is 2.63. The van der Waals surface area contributed by atoms with Gasteiger partial charge in [0.15, 0.2) is 0 Å². The molecule has 3 nitrogen and oxygen atoms in total. The van der Waals surface area contributed by atoms with Crippen LogP contribution in [0, 0.1) is 0 Å². The summed E-state index contributed by atoms with van der Waals surface area (Å²) in [5, 5.41) is 4.04. The van der Waals surface area contributed by atoms with E-state index >= 15 is 0 Å². The number of nitrogens with zero attached hydrogens (tertiary/aromatic N) is 2. The normalized spacial score (nSPS) is 12.3. The summed E-state index contributed by atoms with van der Waals surface area (Å²) in [7, 11) is 1.30. The van der Waals surface area contributed by atoms with Gasteiger partial charge in [0.2, 0.25) is 0 Å². The van der Waals surface area contributed by atoms with Crippen molar-refractivity contribution in [2.24, 2.45) is 12.8 Å². The Morgan fingerprint density at radius 2 is 2.06 bits per heavy atom. The lowest BCUT2D eigenvalue weighted by molar-refractivity contribution is -0.142. The second-order valence-corrected chi connectivity index (χ2v) is 3.82. The van der Waals surface area contributed by atoms with Gasteiger partial charge in [-0.05, 0) is 24.6 Å². The Bertz CT molecular complexity index is 543. The van der Waals surface area contributed by atoms with Crippen molar-refractivity contribution in [3.05, 3.63) is 29.5 Å². The number of nitrogens with two attached hydrogens (primary N) is 1. The van der Waals surface area contributed by atoms with Gasteiger partial charge in [0.05, 0.1) is 5.52 Å². The predicted molar refractivity (Wildman–Crippen MR) is 58.5 cm³/mol. The van der Waals surface area contributed by atoms with Gasteiger partial charge in [-0.1, -0.05) is 12.1 Å². The minimum Gasteiger partial charge on any atom is -0.330 e. The Kier molecular flexibility index (Phi) is 2.82. The van der Waals surface area contributed by atoms with E-state index in [4.69, 9.17) is 5.73 Å². The van der Waals surface area contributed by atoms with E-state index in [-0.39, 0.29) is 5.39 Å². The van der Waals surface area contributed by atoms with E-state index in [0.29, 0.717) is 24.0 Å². The zero-order valence-electron chi connectivity index (χ0n) is 9.25. The highest BCUT2D eigenvalue weighted by molar-refractivity contribution is 5.85. The lowest BCUT2D eigenvalue weighted by Gasteiger charge is -2.09. The smallest absolute Gasteiger partial charge is 0.330 e. The Labute approximate surface area is 96.0 Å². The summed E-state index contributed by atoms with van der Waals surface area (Å²) < 4.78 is 39.7. The third kappa shape index (κ3) is 2.00. The van der Waals surface area contributed by atoms with Gasteiger partial charge < -0.3 is 5.73 Å². The van der Waals surface area contributed by atoms with Crippen LogP contribution in [0.15, 0.2) is 18.2 Å². The van der Waals surface area contributed by atoms with Gasteiger partial charge in [-0.2, -0.15) is 18.3 Å². The minimum atomic E-state index is -4.41. The van der Waals surface area contributed by atoms with Gasteiger partial charge >= 0.3 is 6.18 Å². The second-order valence-electron chi connectivity index (χ2n) is 3.82. The first kappa shape index (κ1) is 11.9. The fourth-order valence-corrected chi connectivity index (χ4v) is 2.01. The molecule has 6 heteroatoms. The lowest BCUT2D eigenvalue weighted by Crippen LogP contribution is -2.13. The van der Waals surface area contributed by atoms with Crippen LogP contribution >= 0.6 is 0 Å². The highest BCUT2D eigenvalue weighted by Gasteiger charge is 2.37. The molecule has 17 heavy (non-hydrogen) atoms. The fourth-order valence-electron chi connectivity index (χ4n) is 2.01. The molecule has 1 aromatic carbocycles. The fraction of sp³-hybridized carbons (Fsp3) is 0.364. The zero-order chi connectivity index (χ0) is 12.6. The Morgan fingerprint density at radius 3 is 2.65 bits per heavy atom. The van der Waals surface area contributed by atoms with Gasteiger partial charge in [0.1, 0.15) is 5.69 Å². The SMILES string of the molecule is Cn1nc2cccc(CCN)c2c1C(F)(F)F. The van der Waals surface area contributed by atoms with Crippen LogP contribution in [0.2, 0.25) is 0 Å². The van der Waals surface area contributed by atoms with Gasteiger partial charge in [0.25, 0.3) is 0 Å². The maximum absolute atomic E-state index is 12.9. The minimum absolute atomic E-state index is 0.160. The summed E-state index contributed by atoms with van der Waals surface area (Å²) >= 11 is 0. The summed E-state index contributed by atoms with van der Waals surface area (Å²) in [6.07, 6.45) is -4.00. The topological polar surface area (TPSA) is 43.8 Å². The number of hydrogen-bond donors (Lipinski definition) is 1. The number of aryl methyl sites for hydroxylation is 1. The van der Waals surface area contributed by atoms with E-state index in [1.54, 1.807) is 18.2 Å². The van der Waals surface area contributed by atoms with Gasteiger partial charge in [-0.3, -0.25) is 4.68 Å². The highest BCUT2D eigenvalue weighted by Crippen LogP contribution is 2.36. The molecule has 0 saturated carbocycles. The number of rotatable bonds is 2. The van der Waals surface area contributed by atoms with E-state index in [9.17, 15) is 13.2 Å². The van der Waals surface area contributed by atoms with Crippen molar-refractivity contribution in [1.82, 2.24) is 9.78 Å². The molecule has 0 aliphatic heterocycles. The van der Waals surface area contributed by atoms with Crippen molar-refractivity contribution < 1.29 is 13.2 Å². The van der Waals surface area contributed by atoms with Gasteiger partial charge in [-0.25, -0.2) is 0 Å². The summed E-state index contributed by atoms with van der Waals surface area (Å²) in [6, 6.07) is 4.93. The molecule has 2 N–H and O–H groups in total. The summed E-state index contributed by atoms with van der Waals surface area (Å²) in [6.45, 7) is 0.311. The third-order valence-electron chi connectivity index (χ3n) is 2.63. The molecule has 0 saturated heterocycles. The molecule has 0 atom stereocenters. The van der Waals surface area contributed by atoms with Crippen molar-refractivity contribution in [2.45, 2.75) is 12.6 Å². The maximum atomic E-state index is 12.9. The molecule has 0 radical (unpaired) electrons. The first-order chi connectivity index (χ1) is 7.95. The van der Waals surface area contributed by atoms with Crippen LogP contribution in [0.3, 0.4) is 0 Å². The lowest BCUT2D eigenvalue weighted by atomic mass is 10.0. The Balaban J connectivity index is 2.77. The van der Waals surface area contributed by atoms with E-state index in [2.05, 4.69) is 5.10 Å².